The van der Waals surface area contributed by atoms with Crippen molar-refractivity contribution < 1.29 is 24.2 Å². The van der Waals surface area contributed by atoms with E-state index in [2.05, 4.69) is 0 Å². The molecule has 2 rings (SSSR count). The number of aliphatic carboxylic acids is 1. The van der Waals surface area contributed by atoms with E-state index in [0.717, 1.165) is 6.07 Å². The van der Waals surface area contributed by atoms with Crippen LogP contribution in [0.25, 0.3) is 11.1 Å². The number of aromatic carboxylic acids is 1. The average Bonchev–Trinajstić information content (AvgIpc) is 2.53. The molecule has 0 radical (unpaired) electrons. The van der Waals surface area contributed by atoms with Gasteiger partial charge in [0.1, 0.15) is 5.82 Å². The molecule has 1 atom stereocenters. The Kier molecular flexibility index (Phi) is 5.54. The monoisotopic (exact) mass is 351 g/mol. The van der Waals surface area contributed by atoms with Crippen LogP contribution in [0.5, 0.6) is 0 Å². The van der Waals surface area contributed by atoms with Gasteiger partial charge in [-0.2, -0.15) is 0 Å². The van der Waals surface area contributed by atoms with E-state index < -0.39 is 29.2 Å². The van der Waals surface area contributed by atoms with E-state index in [9.17, 15) is 14.0 Å². The van der Waals surface area contributed by atoms with Gasteiger partial charge in [0.2, 0.25) is 0 Å². The first-order valence-corrected chi connectivity index (χ1v) is 7.45. The molecule has 2 aromatic carbocycles. The van der Waals surface area contributed by atoms with Gasteiger partial charge < -0.3 is 15.9 Å². The van der Waals surface area contributed by atoms with Crippen molar-refractivity contribution >= 4 is 23.5 Å². The molecule has 126 valence electrons. The van der Waals surface area contributed by atoms with Crippen LogP contribution >= 0.6 is 11.6 Å². The molecule has 0 aliphatic carbocycles. The summed E-state index contributed by atoms with van der Waals surface area (Å²) >= 11 is 6.17. The van der Waals surface area contributed by atoms with Crippen molar-refractivity contribution in [3.05, 3.63) is 58.4 Å². The van der Waals surface area contributed by atoms with Crippen LogP contribution in [0.1, 0.15) is 28.3 Å². The summed E-state index contributed by atoms with van der Waals surface area (Å²) in [5.41, 5.74) is 6.75. The highest BCUT2D eigenvalue weighted by atomic mass is 35.5. The molecule has 2 aromatic rings. The normalized spacial score (nSPS) is 12.0. The third-order valence-corrected chi connectivity index (χ3v) is 4.00. The van der Waals surface area contributed by atoms with E-state index >= 15 is 0 Å². The Bertz CT molecular complexity index is 794. The van der Waals surface area contributed by atoms with Crippen LogP contribution in [0.15, 0.2) is 36.4 Å². The van der Waals surface area contributed by atoms with Gasteiger partial charge in [-0.25, -0.2) is 9.18 Å². The first-order chi connectivity index (χ1) is 11.3. The number of halogens is 2. The largest absolute Gasteiger partial charge is 0.481 e. The molecule has 7 heteroatoms. The van der Waals surface area contributed by atoms with E-state index in [-0.39, 0.29) is 13.0 Å². The molecular formula is C17H15ClFNO4. The van der Waals surface area contributed by atoms with E-state index in [1.807, 2.05) is 0 Å². The van der Waals surface area contributed by atoms with Gasteiger partial charge in [0.15, 0.2) is 0 Å². The van der Waals surface area contributed by atoms with Crippen LogP contribution in [-0.4, -0.2) is 28.7 Å². The number of carboxylic acid groups (broad SMARTS) is 2. The van der Waals surface area contributed by atoms with Crippen LogP contribution in [0.2, 0.25) is 5.02 Å². The molecule has 0 bridgehead atoms. The first-order valence-electron chi connectivity index (χ1n) is 7.08. The highest BCUT2D eigenvalue weighted by molar-refractivity contribution is 6.33. The second-order valence-corrected chi connectivity index (χ2v) is 5.68. The summed E-state index contributed by atoms with van der Waals surface area (Å²) in [5.74, 6) is -3.61. The molecule has 0 spiro atoms. The fourth-order valence-electron chi connectivity index (χ4n) is 2.42. The van der Waals surface area contributed by atoms with Gasteiger partial charge in [-0.3, -0.25) is 4.79 Å². The first kappa shape index (κ1) is 17.9. The third-order valence-electron chi connectivity index (χ3n) is 3.68. The standard InChI is InChI=1S/C17H15ClFNO4/c18-14-3-1-9(11(8-20)7-16(21)22)5-12(14)10-2-4-15(19)13(6-10)17(23)24/h1-6,11H,7-8,20H2,(H,21,22)(H,23,24)/t11-/m0/s1. The van der Waals surface area contributed by atoms with Crippen molar-refractivity contribution in [2.75, 3.05) is 6.54 Å². The van der Waals surface area contributed by atoms with E-state index in [4.69, 9.17) is 27.5 Å². The lowest BCUT2D eigenvalue weighted by Gasteiger charge is -2.15. The van der Waals surface area contributed by atoms with Gasteiger partial charge in [0, 0.05) is 16.5 Å². The second kappa shape index (κ2) is 7.42. The van der Waals surface area contributed by atoms with Gasteiger partial charge in [-0.1, -0.05) is 23.7 Å². The number of benzene rings is 2. The molecule has 0 fully saturated rings. The molecule has 0 saturated carbocycles. The molecule has 0 aliphatic rings. The van der Waals surface area contributed by atoms with Crippen molar-refractivity contribution in [1.29, 1.82) is 0 Å². The molecule has 0 amide bonds. The molecule has 4 N–H and O–H groups in total. The SMILES string of the molecule is NC[C@H](CC(=O)O)c1ccc(Cl)c(-c2ccc(F)c(C(=O)O)c2)c1. The summed E-state index contributed by atoms with van der Waals surface area (Å²) in [6.45, 7) is 0.136. The maximum Gasteiger partial charge on any atom is 0.338 e. The summed E-state index contributed by atoms with van der Waals surface area (Å²) in [7, 11) is 0. The predicted molar refractivity (Wildman–Crippen MR) is 87.9 cm³/mol. The molecule has 0 aliphatic heterocycles. The molecule has 5 nitrogen and oxygen atoms in total. The molecule has 0 aromatic heterocycles. The fraction of sp³-hybridized carbons (Fsp3) is 0.176. The van der Waals surface area contributed by atoms with Gasteiger partial charge >= 0.3 is 11.9 Å². The number of carboxylic acids is 2. The Labute approximate surface area is 142 Å². The van der Waals surface area contributed by atoms with Gasteiger partial charge in [-0.05, 0) is 41.9 Å². The molecule has 0 unspecified atom stereocenters. The van der Waals surface area contributed by atoms with Gasteiger partial charge in [0.25, 0.3) is 0 Å². The average molecular weight is 352 g/mol. The summed E-state index contributed by atoms with van der Waals surface area (Å²) in [4.78, 5) is 22.0. The highest BCUT2D eigenvalue weighted by Crippen LogP contribution is 2.33. The number of carbonyl (C=O) groups is 2. The molecule has 0 heterocycles. The summed E-state index contributed by atoms with van der Waals surface area (Å²) < 4.78 is 13.5. The van der Waals surface area contributed by atoms with Gasteiger partial charge in [-0.15, -0.1) is 0 Å². The van der Waals surface area contributed by atoms with E-state index in [0.29, 0.717) is 21.7 Å². The third kappa shape index (κ3) is 3.90. The maximum atomic E-state index is 13.5. The van der Waals surface area contributed by atoms with Crippen molar-refractivity contribution in [3.8, 4) is 11.1 Å². The van der Waals surface area contributed by atoms with E-state index in [1.165, 1.54) is 12.1 Å². The Morgan fingerprint density at radius 1 is 1.17 bits per heavy atom. The number of hydrogen-bond acceptors (Lipinski definition) is 3. The predicted octanol–water partition coefficient (Wildman–Crippen LogP) is 3.36. The lowest BCUT2D eigenvalue weighted by atomic mass is 9.92. The number of hydrogen-bond donors (Lipinski definition) is 3. The minimum Gasteiger partial charge on any atom is -0.481 e. The molecular weight excluding hydrogens is 337 g/mol. The fourth-order valence-corrected chi connectivity index (χ4v) is 2.65. The van der Waals surface area contributed by atoms with Crippen molar-refractivity contribution in [1.82, 2.24) is 0 Å². The minimum absolute atomic E-state index is 0.136. The number of nitrogens with two attached hydrogens (primary N) is 1. The topological polar surface area (TPSA) is 101 Å². The quantitative estimate of drug-likeness (QED) is 0.740. The zero-order chi connectivity index (χ0) is 17.9. The van der Waals surface area contributed by atoms with Crippen molar-refractivity contribution in [2.24, 2.45) is 5.73 Å². The van der Waals surface area contributed by atoms with Crippen molar-refractivity contribution in [3.63, 3.8) is 0 Å². The van der Waals surface area contributed by atoms with Crippen LogP contribution in [-0.2, 0) is 4.79 Å². The summed E-state index contributed by atoms with van der Waals surface area (Å²) in [6, 6.07) is 8.58. The van der Waals surface area contributed by atoms with Crippen molar-refractivity contribution in [2.45, 2.75) is 12.3 Å². The maximum absolute atomic E-state index is 13.5. The lowest BCUT2D eigenvalue weighted by molar-refractivity contribution is -0.137. The Morgan fingerprint density at radius 3 is 2.46 bits per heavy atom. The Hall–Kier alpha value is -2.44. The zero-order valence-corrected chi connectivity index (χ0v) is 13.3. The summed E-state index contributed by atoms with van der Waals surface area (Å²) in [6.07, 6.45) is -0.138. The Balaban J connectivity index is 2.51. The van der Waals surface area contributed by atoms with Crippen LogP contribution in [0, 0.1) is 5.82 Å². The van der Waals surface area contributed by atoms with Crippen LogP contribution in [0.3, 0.4) is 0 Å². The lowest BCUT2D eigenvalue weighted by Crippen LogP contribution is -2.16. The second-order valence-electron chi connectivity index (χ2n) is 5.27. The number of rotatable bonds is 6. The highest BCUT2D eigenvalue weighted by Gasteiger charge is 2.17. The minimum atomic E-state index is -1.38. The molecule has 24 heavy (non-hydrogen) atoms. The molecule has 0 saturated heterocycles. The zero-order valence-electron chi connectivity index (χ0n) is 12.5. The van der Waals surface area contributed by atoms with Crippen LogP contribution < -0.4 is 5.73 Å². The van der Waals surface area contributed by atoms with Crippen LogP contribution in [0.4, 0.5) is 4.39 Å². The van der Waals surface area contributed by atoms with E-state index in [1.54, 1.807) is 18.2 Å². The summed E-state index contributed by atoms with van der Waals surface area (Å²) in [5, 5.41) is 18.3. The van der Waals surface area contributed by atoms with Gasteiger partial charge in [0.05, 0.1) is 12.0 Å². The Morgan fingerprint density at radius 2 is 1.88 bits per heavy atom. The smallest absolute Gasteiger partial charge is 0.338 e.